The average molecular weight is 219 g/mol. The Hall–Kier alpha value is -0.230. The SMILES string of the molecule is O=C(OCCOCl)OCCOCl. The summed E-state index contributed by atoms with van der Waals surface area (Å²) in [5, 5.41) is 0. The van der Waals surface area contributed by atoms with Crippen LogP contribution in [0.3, 0.4) is 0 Å². The van der Waals surface area contributed by atoms with Crippen LogP contribution in [0.5, 0.6) is 0 Å². The predicted octanol–water partition coefficient (Wildman–Crippen LogP) is 1.48. The van der Waals surface area contributed by atoms with E-state index in [1.807, 2.05) is 0 Å². The van der Waals surface area contributed by atoms with Crippen LogP contribution >= 0.6 is 23.7 Å². The molecule has 0 radical (unpaired) electrons. The van der Waals surface area contributed by atoms with Gasteiger partial charge in [0.15, 0.2) is 0 Å². The lowest BCUT2D eigenvalue weighted by Crippen LogP contribution is -2.13. The second kappa shape index (κ2) is 8.86. The molecule has 0 aromatic rings. The van der Waals surface area contributed by atoms with Gasteiger partial charge in [-0.2, -0.15) is 0 Å². The van der Waals surface area contributed by atoms with E-state index >= 15 is 0 Å². The highest BCUT2D eigenvalue weighted by molar-refractivity contribution is 6.07. The number of carbonyl (C=O) groups is 1. The van der Waals surface area contributed by atoms with Gasteiger partial charge in [-0.25, -0.2) is 4.79 Å². The average Bonchev–Trinajstić information content (AvgIpc) is 2.06. The molecule has 0 saturated carbocycles. The molecule has 0 aromatic heterocycles. The maximum atomic E-state index is 10.6. The standard InChI is InChI=1S/C5H8Cl2O5/c6-11-3-1-9-5(8)10-2-4-12-7/h1-4H2. The molecule has 0 fully saturated rings. The van der Waals surface area contributed by atoms with Crippen LogP contribution in [0.15, 0.2) is 0 Å². The molecule has 7 heteroatoms. The normalized spacial score (nSPS) is 9.50. The van der Waals surface area contributed by atoms with Gasteiger partial charge < -0.3 is 9.47 Å². The maximum Gasteiger partial charge on any atom is 0.508 e. The summed E-state index contributed by atoms with van der Waals surface area (Å²) in [6.45, 7) is 0.319. The summed E-state index contributed by atoms with van der Waals surface area (Å²) in [5.74, 6) is 0. The van der Waals surface area contributed by atoms with Crippen molar-refractivity contribution >= 4 is 29.9 Å². The monoisotopic (exact) mass is 218 g/mol. The third-order valence-corrected chi connectivity index (χ3v) is 1.07. The number of halogens is 2. The minimum Gasteiger partial charge on any atom is -0.432 e. The fourth-order valence-electron chi connectivity index (χ4n) is 0.355. The third kappa shape index (κ3) is 7.87. The van der Waals surface area contributed by atoms with Crippen molar-refractivity contribution in [1.82, 2.24) is 0 Å². The summed E-state index contributed by atoms with van der Waals surface area (Å²) in [5.41, 5.74) is 0. The minimum absolute atomic E-state index is 0.0457. The first-order chi connectivity index (χ1) is 5.81. The van der Waals surface area contributed by atoms with Crippen molar-refractivity contribution in [2.24, 2.45) is 0 Å². The number of hydrogen-bond donors (Lipinski definition) is 0. The maximum absolute atomic E-state index is 10.6. The molecule has 5 nitrogen and oxygen atoms in total. The van der Waals surface area contributed by atoms with Gasteiger partial charge in [0, 0.05) is 0 Å². The summed E-state index contributed by atoms with van der Waals surface area (Å²) >= 11 is 9.68. The topological polar surface area (TPSA) is 54.0 Å². The molecule has 0 aliphatic rings. The van der Waals surface area contributed by atoms with Gasteiger partial charge in [0.2, 0.25) is 0 Å². The first-order valence-electron chi connectivity index (χ1n) is 3.08. The van der Waals surface area contributed by atoms with Crippen molar-refractivity contribution < 1.29 is 22.8 Å². The molecule has 0 aromatic carbocycles. The molecule has 0 atom stereocenters. The highest BCUT2D eigenvalue weighted by atomic mass is 35.5. The molecule has 0 heterocycles. The fraction of sp³-hybridized carbons (Fsp3) is 0.800. The second-order valence-corrected chi connectivity index (χ2v) is 2.01. The number of rotatable bonds is 6. The van der Waals surface area contributed by atoms with Crippen LogP contribution in [0, 0.1) is 0 Å². The van der Waals surface area contributed by atoms with E-state index in [0.717, 1.165) is 0 Å². The Kier molecular flexibility index (Phi) is 8.69. The van der Waals surface area contributed by atoms with Crippen molar-refractivity contribution in [3.63, 3.8) is 0 Å². The third-order valence-electron chi connectivity index (χ3n) is 0.761. The Morgan fingerprint density at radius 2 is 1.33 bits per heavy atom. The Morgan fingerprint density at radius 1 is 0.917 bits per heavy atom. The second-order valence-electron chi connectivity index (χ2n) is 1.57. The molecule has 72 valence electrons. The molecule has 0 spiro atoms. The van der Waals surface area contributed by atoms with E-state index in [1.165, 1.54) is 0 Å². The van der Waals surface area contributed by atoms with E-state index in [9.17, 15) is 4.79 Å². The molecule has 0 saturated heterocycles. The first kappa shape index (κ1) is 11.8. The molecular formula is C5H8Cl2O5. The molecular weight excluding hydrogens is 211 g/mol. The fourth-order valence-corrected chi connectivity index (χ4v) is 0.481. The number of hydrogen-bond acceptors (Lipinski definition) is 5. The van der Waals surface area contributed by atoms with Crippen LogP contribution in [0.25, 0.3) is 0 Å². The summed E-state index contributed by atoms with van der Waals surface area (Å²) in [6.07, 6.45) is -0.808. The van der Waals surface area contributed by atoms with Crippen molar-refractivity contribution in [2.45, 2.75) is 0 Å². The van der Waals surface area contributed by atoms with Gasteiger partial charge in [0.1, 0.15) is 26.4 Å². The summed E-state index contributed by atoms with van der Waals surface area (Å²) in [6, 6.07) is 0. The summed E-state index contributed by atoms with van der Waals surface area (Å²) < 4.78 is 17.1. The highest BCUT2D eigenvalue weighted by Gasteiger charge is 2.02. The smallest absolute Gasteiger partial charge is 0.432 e. The Morgan fingerprint density at radius 3 is 1.67 bits per heavy atom. The van der Waals surface area contributed by atoms with Crippen molar-refractivity contribution in [3.05, 3.63) is 0 Å². The van der Waals surface area contributed by atoms with Gasteiger partial charge in [-0.3, -0.25) is 8.58 Å². The molecule has 0 aliphatic heterocycles. The summed E-state index contributed by atoms with van der Waals surface area (Å²) in [7, 11) is 0. The molecule has 0 bridgehead atoms. The van der Waals surface area contributed by atoms with Gasteiger partial charge >= 0.3 is 6.16 Å². The first-order valence-corrected chi connectivity index (χ1v) is 3.69. The molecule has 0 rings (SSSR count). The van der Waals surface area contributed by atoms with E-state index in [2.05, 4.69) is 18.1 Å². The zero-order valence-electron chi connectivity index (χ0n) is 6.13. The predicted molar refractivity (Wildman–Crippen MR) is 40.9 cm³/mol. The van der Waals surface area contributed by atoms with Crippen LogP contribution < -0.4 is 0 Å². The van der Waals surface area contributed by atoms with E-state index < -0.39 is 6.16 Å². The summed E-state index contributed by atoms with van der Waals surface area (Å²) in [4.78, 5) is 10.6. The van der Waals surface area contributed by atoms with Crippen molar-refractivity contribution in [3.8, 4) is 0 Å². The van der Waals surface area contributed by atoms with Crippen molar-refractivity contribution in [2.75, 3.05) is 26.4 Å². The molecule has 0 aliphatic carbocycles. The van der Waals surface area contributed by atoms with E-state index in [1.54, 1.807) is 0 Å². The zero-order valence-corrected chi connectivity index (χ0v) is 7.64. The van der Waals surface area contributed by atoms with Crippen LogP contribution in [-0.4, -0.2) is 32.6 Å². The Balaban J connectivity index is 3.10. The Bertz CT molecular complexity index is 108. The van der Waals surface area contributed by atoms with Crippen LogP contribution in [0.4, 0.5) is 4.79 Å². The molecule has 0 N–H and O–H groups in total. The molecule has 12 heavy (non-hydrogen) atoms. The van der Waals surface area contributed by atoms with Gasteiger partial charge in [-0.05, 0) is 0 Å². The molecule has 0 unspecified atom stereocenters. The lowest BCUT2D eigenvalue weighted by atomic mass is 10.8. The van der Waals surface area contributed by atoms with Crippen LogP contribution in [0.1, 0.15) is 0 Å². The van der Waals surface area contributed by atoms with Gasteiger partial charge in [0.05, 0.1) is 23.7 Å². The Labute approximate surface area is 79.8 Å². The van der Waals surface area contributed by atoms with E-state index in [4.69, 9.17) is 23.7 Å². The lowest BCUT2D eigenvalue weighted by molar-refractivity contribution is 0.0398. The highest BCUT2D eigenvalue weighted by Crippen LogP contribution is 1.88. The van der Waals surface area contributed by atoms with E-state index in [0.29, 0.717) is 0 Å². The quantitative estimate of drug-likeness (QED) is 0.500. The van der Waals surface area contributed by atoms with E-state index in [-0.39, 0.29) is 26.4 Å². The van der Waals surface area contributed by atoms with Crippen molar-refractivity contribution in [1.29, 1.82) is 0 Å². The number of ether oxygens (including phenoxy) is 2. The lowest BCUT2D eigenvalue weighted by Gasteiger charge is -2.03. The van der Waals surface area contributed by atoms with Crippen LogP contribution in [-0.2, 0) is 18.1 Å². The molecule has 0 amide bonds. The van der Waals surface area contributed by atoms with Crippen LogP contribution in [0.2, 0.25) is 0 Å². The van der Waals surface area contributed by atoms with Gasteiger partial charge in [-0.1, -0.05) is 0 Å². The largest absolute Gasteiger partial charge is 0.508 e. The van der Waals surface area contributed by atoms with Gasteiger partial charge in [-0.15, -0.1) is 0 Å². The minimum atomic E-state index is -0.808. The van der Waals surface area contributed by atoms with Gasteiger partial charge in [0.25, 0.3) is 0 Å². The number of carbonyl (C=O) groups excluding carboxylic acids is 1. The zero-order chi connectivity index (χ0) is 9.23.